The Hall–Kier alpha value is -3.01. The first-order valence-corrected chi connectivity index (χ1v) is 8.65. The molecule has 10 heteroatoms. The van der Waals surface area contributed by atoms with Crippen molar-refractivity contribution < 1.29 is 17.3 Å². The number of halogens is 1. The average molecular weight is 363 g/mol. The van der Waals surface area contributed by atoms with Crippen LogP contribution < -0.4 is 10.0 Å². The summed E-state index contributed by atoms with van der Waals surface area (Å²) >= 11 is 0. The van der Waals surface area contributed by atoms with Crippen molar-refractivity contribution in [2.75, 3.05) is 10.0 Å². The maximum absolute atomic E-state index is 12.9. The van der Waals surface area contributed by atoms with Crippen LogP contribution in [0.3, 0.4) is 0 Å². The topological polar surface area (TPSA) is 110 Å². The van der Waals surface area contributed by atoms with Gasteiger partial charge in [0.25, 0.3) is 10.0 Å². The van der Waals surface area contributed by atoms with Crippen molar-refractivity contribution in [2.24, 2.45) is 0 Å². The van der Waals surface area contributed by atoms with Gasteiger partial charge in [0.15, 0.2) is 22.3 Å². The lowest BCUT2D eigenvalue weighted by Crippen LogP contribution is -2.15. The molecule has 0 aliphatic carbocycles. The van der Waals surface area contributed by atoms with Gasteiger partial charge < -0.3 is 9.84 Å². The molecule has 2 N–H and O–H groups in total. The number of aromatic nitrogens is 3. The van der Waals surface area contributed by atoms with Gasteiger partial charge in [-0.25, -0.2) is 12.8 Å². The van der Waals surface area contributed by atoms with Gasteiger partial charge in [-0.2, -0.15) is 0 Å². The van der Waals surface area contributed by atoms with Gasteiger partial charge in [-0.15, -0.1) is 10.2 Å². The molecule has 0 amide bonds. The van der Waals surface area contributed by atoms with Crippen LogP contribution in [0.25, 0.3) is 0 Å². The predicted octanol–water partition coefficient (Wildman–Crippen LogP) is 2.76. The van der Waals surface area contributed by atoms with E-state index < -0.39 is 10.0 Å². The molecule has 0 saturated heterocycles. The van der Waals surface area contributed by atoms with Gasteiger partial charge in [0.2, 0.25) is 0 Å². The van der Waals surface area contributed by atoms with Crippen molar-refractivity contribution >= 4 is 27.3 Å². The molecule has 0 saturated carbocycles. The molecular formula is C15H14FN5O3S. The van der Waals surface area contributed by atoms with E-state index in [2.05, 4.69) is 25.4 Å². The van der Waals surface area contributed by atoms with E-state index in [1.807, 2.05) is 0 Å². The number of anilines is 3. The standard InChI is InChI=1S/C15H14FN5O3S/c1-9-15(10(2)24-20-9)25(22,23)21-14-8-7-13(18-19-14)17-12-5-3-11(16)4-6-12/h3-8H,1-2H3,(H,17,18)(H,19,21). The van der Waals surface area contributed by atoms with Crippen molar-refractivity contribution in [2.45, 2.75) is 18.7 Å². The minimum atomic E-state index is -3.88. The van der Waals surface area contributed by atoms with Crippen LogP contribution in [0.2, 0.25) is 0 Å². The Labute approximate surface area is 143 Å². The second kappa shape index (κ2) is 6.48. The number of nitrogens with zero attached hydrogens (tertiary/aromatic N) is 3. The molecule has 0 radical (unpaired) electrons. The van der Waals surface area contributed by atoms with Crippen LogP contribution in [0.1, 0.15) is 11.5 Å². The van der Waals surface area contributed by atoms with Gasteiger partial charge >= 0.3 is 0 Å². The molecule has 2 aromatic heterocycles. The Morgan fingerprint density at radius 1 is 1.00 bits per heavy atom. The van der Waals surface area contributed by atoms with Gasteiger partial charge in [-0.1, -0.05) is 5.16 Å². The number of sulfonamides is 1. The molecule has 130 valence electrons. The highest BCUT2D eigenvalue weighted by Crippen LogP contribution is 2.22. The molecule has 0 atom stereocenters. The summed E-state index contributed by atoms with van der Waals surface area (Å²) in [6.07, 6.45) is 0. The molecular weight excluding hydrogens is 349 g/mol. The van der Waals surface area contributed by atoms with Gasteiger partial charge in [-0.3, -0.25) is 4.72 Å². The summed E-state index contributed by atoms with van der Waals surface area (Å²) in [6, 6.07) is 8.70. The summed E-state index contributed by atoms with van der Waals surface area (Å²) in [6.45, 7) is 3.04. The molecule has 0 unspecified atom stereocenters. The Kier molecular flexibility index (Phi) is 4.36. The maximum atomic E-state index is 12.9. The third-order valence-corrected chi connectivity index (χ3v) is 4.85. The van der Waals surface area contributed by atoms with Crippen molar-refractivity contribution in [3.05, 3.63) is 53.7 Å². The fourth-order valence-electron chi connectivity index (χ4n) is 2.18. The minimum absolute atomic E-state index is 0.0252. The molecule has 0 aliphatic rings. The van der Waals surface area contributed by atoms with E-state index in [-0.39, 0.29) is 28.0 Å². The zero-order valence-electron chi connectivity index (χ0n) is 13.3. The van der Waals surface area contributed by atoms with Gasteiger partial charge in [0, 0.05) is 5.69 Å². The first kappa shape index (κ1) is 16.8. The summed E-state index contributed by atoms with van der Waals surface area (Å²) < 4.78 is 44.8. The second-order valence-corrected chi connectivity index (χ2v) is 6.81. The smallest absolute Gasteiger partial charge is 0.268 e. The largest absolute Gasteiger partial charge is 0.360 e. The molecule has 8 nitrogen and oxygen atoms in total. The number of benzene rings is 1. The summed E-state index contributed by atoms with van der Waals surface area (Å²) in [4.78, 5) is -0.0252. The molecule has 2 heterocycles. The molecule has 3 rings (SSSR count). The third kappa shape index (κ3) is 3.74. The van der Waals surface area contributed by atoms with Gasteiger partial charge in [0.1, 0.15) is 11.5 Å². The lowest BCUT2D eigenvalue weighted by atomic mass is 10.3. The van der Waals surface area contributed by atoms with E-state index in [1.54, 1.807) is 18.2 Å². The van der Waals surface area contributed by atoms with Crippen molar-refractivity contribution in [1.29, 1.82) is 0 Å². The molecule has 0 aliphatic heterocycles. The SMILES string of the molecule is Cc1noc(C)c1S(=O)(=O)Nc1ccc(Nc2ccc(F)cc2)nn1. The van der Waals surface area contributed by atoms with Gasteiger partial charge in [-0.05, 0) is 50.2 Å². The zero-order chi connectivity index (χ0) is 18.0. The Morgan fingerprint density at radius 2 is 1.64 bits per heavy atom. The van der Waals surface area contributed by atoms with E-state index in [1.165, 1.54) is 32.0 Å². The van der Waals surface area contributed by atoms with E-state index in [0.29, 0.717) is 11.5 Å². The lowest BCUT2D eigenvalue weighted by molar-refractivity contribution is 0.390. The fraction of sp³-hybridized carbons (Fsp3) is 0.133. The Bertz CT molecular complexity index is 966. The predicted molar refractivity (Wildman–Crippen MR) is 88.5 cm³/mol. The monoisotopic (exact) mass is 363 g/mol. The molecule has 0 spiro atoms. The summed E-state index contributed by atoms with van der Waals surface area (Å²) in [7, 11) is -3.88. The summed E-state index contributed by atoms with van der Waals surface area (Å²) in [5, 5.41) is 14.3. The second-order valence-electron chi connectivity index (χ2n) is 5.19. The highest BCUT2D eigenvalue weighted by atomic mass is 32.2. The zero-order valence-corrected chi connectivity index (χ0v) is 14.1. The van der Waals surface area contributed by atoms with Crippen LogP contribution in [-0.2, 0) is 10.0 Å². The van der Waals surface area contributed by atoms with Crippen LogP contribution in [0.4, 0.5) is 21.7 Å². The fourth-order valence-corrected chi connectivity index (χ4v) is 3.51. The first-order chi connectivity index (χ1) is 11.8. The highest BCUT2D eigenvalue weighted by molar-refractivity contribution is 7.92. The van der Waals surface area contributed by atoms with Crippen LogP contribution in [0.15, 0.2) is 45.8 Å². The normalized spacial score (nSPS) is 11.3. The van der Waals surface area contributed by atoms with Crippen LogP contribution >= 0.6 is 0 Å². The Balaban J connectivity index is 1.75. The first-order valence-electron chi connectivity index (χ1n) is 7.17. The molecule has 25 heavy (non-hydrogen) atoms. The number of aryl methyl sites for hydroxylation is 2. The Morgan fingerprint density at radius 3 is 2.20 bits per heavy atom. The van der Waals surface area contributed by atoms with Gasteiger partial charge in [0.05, 0.1) is 0 Å². The molecule has 0 bridgehead atoms. The van der Waals surface area contributed by atoms with E-state index in [0.717, 1.165) is 0 Å². The highest BCUT2D eigenvalue weighted by Gasteiger charge is 2.24. The molecule has 1 aromatic carbocycles. The van der Waals surface area contributed by atoms with Crippen LogP contribution in [0.5, 0.6) is 0 Å². The van der Waals surface area contributed by atoms with E-state index >= 15 is 0 Å². The average Bonchev–Trinajstić information content (AvgIpc) is 2.91. The third-order valence-electron chi connectivity index (χ3n) is 3.26. The van der Waals surface area contributed by atoms with Crippen LogP contribution in [-0.4, -0.2) is 23.8 Å². The minimum Gasteiger partial charge on any atom is -0.360 e. The maximum Gasteiger partial charge on any atom is 0.268 e. The van der Waals surface area contributed by atoms with Crippen LogP contribution in [0, 0.1) is 19.7 Å². The van der Waals surface area contributed by atoms with Crippen molar-refractivity contribution in [3.8, 4) is 0 Å². The number of hydrogen-bond acceptors (Lipinski definition) is 7. The summed E-state index contributed by atoms with van der Waals surface area (Å²) in [5.41, 5.74) is 0.882. The van der Waals surface area contributed by atoms with E-state index in [4.69, 9.17) is 4.52 Å². The quantitative estimate of drug-likeness (QED) is 0.717. The lowest BCUT2D eigenvalue weighted by Gasteiger charge is -2.08. The van der Waals surface area contributed by atoms with E-state index in [9.17, 15) is 12.8 Å². The molecule has 3 aromatic rings. The van der Waals surface area contributed by atoms with Crippen molar-refractivity contribution in [3.63, 3.8) is 0 Å². The number of hydrogen-bond donors (Lipinski definition) is 2. The number of rotatable bonds is 5. The number of nitrogens with one attached hydrogen (secondary N) is 2. The summed E-state index contributed by atoms with van der Waals surface area (Å²) in [5.74, 6) is 0.268. The molecule has 0 fully saturated rings. The van der Waals surface area contributed by atoms with Crippen molar-refractivity contribution in [1.82, 2.24) is 15.4 Å².